The van der Waals surface area contributed by atoms with Gasteiger partial charge in [-0.2, -0.15) is 4.98 Å². The summed E-state index contributed by atoms with van der Waals surface area (Å²) in [5.74, 6) is 1.07. The lowest BCUT2D eigenvalue weighted by Crippen LogP contribution is -2.29. The van der Waals surface area contributed by atoms with Crippen molar-refractivity contribution in [2.24, 2.45) is 0 Å². The smallest absolute Gasteiger partial charge is 0.280 e. The van der Waals surface area contributed by atoms with Crippen LogP contribution in [0.5, 0.6) is 0 Å². The monoisotopic (exact) mass is 394 g/mol. The van der Waals surface area contributed by atoms with E-state index in [9.17, 15) is 4.79 Å². The standard InChI is InChI=1S/C21H26N6O2/c1-5-18-22-19(29-24-18)17-13-27(25-23-17)16-10-11-26(12-16)20(28)14-6-8-15(9-7-14)21(2,3)4/h6-9,13,16H,5,10-12H2,1-4H3/t16-/m0/s1. The van der Waals surface area contributed by atoms with Gasteiger partial charge in [0.2, 0.25) is 0 Å². The Hall–Kier alpha value is -3.03. The first-order chi connectivity index (χ1) is 13.8. The molecule has 0 bridgehead atoms. The average Bonchev–Trinajstić information content (AvgIpc) is 3.46. The summed E-state index contributed by atoms with van der Waals surface area (Å²) in [6, 6.07) is 8.01. The minimum Gasteiger partial charge on any atom is -0.336 e. The number of rotatable bonds is 4. The minimum absolute atomic E-state index is 0.0535. The minimum atomic E-state index is 0.0535. The fraction of sp³-hybridized carbons (Fsp3) is 0.476. The summed E-state index contributed by atoms with van der Waals surface area (Å²) in [6.07, 6.45) is 3.34. The number of nitrogens with zero attached hydrogens (tertiary/aromatic N) is 6. The van der Waals surface area contributed by atoms with Crippen LogP contribution in [0.25, 0.3) is 11.6 Å². The molecule has 1 atom stereocenters. The zero-order chi connectivity index (χ0) is 20.6. The Kier molecular flexibility index (Phi) is 4.94. The zero-order valence-electron chi connectivity index (χ0n) is 17.3. The quantitative estimate of drug-likeness (QED) is 0.675. The number of hydrogen-bond acceptors (Lipinski definition) is 6. The fourth-order valence-corrected chi connectivity index (χ4v) is 3.49. The lowest BCUT2D eigenvalue weighted by atomic mass is 9.86. The SMILES string of the molecule is CCc1noc(-c2cn([C@H]3CCN(C(=O)c4ccc(C(C)(C)C)cc4)C3)nn2)n1. The van der Waals surface area contributed by atoms with Crippen LogP contribution < -0.4 is 0 Å². The van der Waals surface area contributed by atoms with Gasteiger partial charge in [-0.3, -0.25) is 4.79 Å². The van der Waals surface area contributed by atoms with Gasteiger partial charge in [0, 0.05) is 25.1 Å². The van der Waals surface area contributed by atoms with Gasteiger partial charge in [-0.25, -0.2) is 4.68 Å². The van der Waals surface area contributed by atoms with Crippen LogP contribution in [-0.4, -0.2) is 49.0 Å². The highest BCUT2D eigenvalue weighted by atomic mass is 16.5. The van der Waals surface area contributed by atoms with Crippen LogP contribution in [0.3, 0.4) is 0 Å². The number of hydrogen-bond donors (Lipinski definition) is 0. The summed E-state index contributed by atoms with van der Waals surface area (Å²) >= 11 is 0. The molecule has 0 unspecified atom stereocenters. The summed E-state index contributed by atoms with van der Waals surface area (Å²) in [5, 5.41) is 12.3. The Labute approximate surface area is 169 Å². The molecule has 1 amide bonds. The molecule has 152 valence electrons. The van der Waals surface area contributed by atoms with E-state index >= 15 is 0 Å². The number of aromatic nitrogens is 5. The molecule has 1 aliphatic heterocycles. The second kappa shape index (κ2) is 7.42. The molecule has 0 radical (unpaired) electrons. The maximum absolute atomic E-state index is 12.9. The topological polar surface area (TPSA) is 89.9 Å². The highest BCUT2D eigenvalue weighted by Gasteiger charge is 2.29. The zero-order valence-corrected chi connectivity index (χ0v) is 17.3. The third-order valence-electron chi connectivity index (χ3n) is 5.34. The molecule has 1 saturated heterocycles. The number of benzene rings is 1. The molecule has 0 saturated carbocycles. The van der Waals surface area contributed by atoms with Crippen LogP contribution in [0.1, 0.15) is 61.9 Å². The van der Waals surface area contributed by atoms with E-state index < -0.39 is 0 Å². The summed E-state index contributed by atoms with van der Waals surface area (Å²) in [7, 11) is 0. The van der Waals surface area contributed by atoms with Gasteiger partial charge in [0.15, 0.2) is 11.5 Å². The van der Waals surface area contributed by atoms with Crippen molar-refractivity contribution in [2.75, 3.05) is 13.1 Å². The molecule has 0 spiro atoms. The van der Waals surface area contributed by atoms with Crippen molar-refractivity contribution < 1.29 is 9.32 Å². The Morgan fingerprint density at radius 3 is 2.66 bits per heavy atom. The first kappa shape index (κ1) is 19.3. The molecule has 0 aliphatic carbocycles. The van der Waals surface area contributed by atoms with E-state index in [0.717, 1.165) is 12.0 Å². The maximum Gasteiger partial charge on any atom is 0.280 e. The first-order valence-corrected chi connectivity index (χ1v) is 9.99. The van der Waals surface area contributed by atoms with E-state index in [2.05, 4.69) is 41.2 Å². The van der Waals surface area contributed by atoms with Crippen LogP contribution >= 0.6 is 0 Å². The molecule has 1 fully saturated rings. The number of carbonyl (C=O) groups excluding carboxylic acids is 1. The predicted octanol–water partition coefficient (Wildman–Crippen LogP) is 3.28. The molecule has 4 rings (SSSR count). The molecule has 2 aromatic heterocycles. The van der Waals surface area contributed by atoms with E-state index in [0.29, 0.717) is 36.9 Å². The van der Waals surface area contributed by atoms with Crippen molar-refractivity contribution in [3.63, 3.8) is 0 Å². The third-order valence-corrected chi connectivity index (χ3v) is 5.34. The predicted molar refractivity (Wildman–Crippen MR) is 107 cm³/mol. The van der Waals surface area contributed by atoms with E-state index in [1.165, 1.54) is 5.56 Å². The summed E-state index contributed by atoms with van der Waals surface area (Å²) < 4.78 is 7.02. The Morgan fingerprint density at radius 1 is 1.24 bits per heavy atom. The van der Waals surface area contributed by atoms with Gasteiger partial charge in [-0.05, 0) is 29.5 Å². The highest BCUT2D eigenvalue weighted by molar-refractivity contribution is 5.94. The van der Waals surface area contributed by atoms with Gasteiger partial charge in [0.25, 0.3) is 11.8 Å². The van der Waals surface area contributed by atoms with Crippen molar-refractivity contribution in [1.82, 2.24) is 30.0 Å². The molecule has 1 aliphatic rings. The average molecular weight is 394 g/mol. The van der Waals surface area contributed by atoms with Crippen LogP contribution in [-0.2, 0) is 11.8 Å². The summed E-state index contributed by atoms with van der Waals surface area (Å²) in [6.45, 7) is 9.76. The Morgan fingerprint density at radius 2 is 2.00 bits per heavy atom. The molecule has 1 aromatic carbocycles. The number of aryl methyl sites for hydroxylation is 1. The van der Waals surface area contributed by atoms with Crippen molar-refractivity contribution in [3.8, 4) is 11.6 Å². The van der Waals surface area contributed by atoms with E-state index in [1.54, 1.807) is 4.68 Å². The van der Waals surface area contributed by atoms with Crippen molar-refractivity contribution in [3.05, 3.63) is 47.4 Å². The van der Waals surface area contributed by atoms with Crippen molar-refractivity contribution >= 4 is 5.91 Å². The third kappa shape index (κ3) is 3.92. The van der Waals surface area contributed by atoms with Gasteiger partial charge in [0.05, 0.1) is 12.2 Å². The molecular formula is C21H26N6O2. The molecule has 8 nitrogen and oxygen atoms in total. The largest absolute Gasteiger partial charge is 0.336 e. The van der Waals surface area contributed by atoms with Gasteiger partial charge in [0.1, 0.15) is 0 Å². The lowest BCUT2D eigenvalue weighted by Gasteiger charge is -2.20. The lowest BCUT2D eigenvalue weighted by molar-refractivity contribution is 0.0787. The molecule has 29 heavy (non-hydrogen) atoms. The summed E-state index contributed by atoms with van der Waals surface area (Å²) in [4.78, 5) is 19.1. The molecule has 3 heterocycles. The van der Waals surface area contributed by atoms with Crippen LogP contribution in [0.2, 0.25) is 0 Å². The Balaban J connectivity index is 1.43. The van der Waals surface area contributed by atoms with E-state index in [1.807, 2.05) is 42.3 Å². The number of carbonyl (C=O) groups is 1. The van der Waals surface area contributed by atoms with E-state index in [4.69, 9.17) is 4.52 Å². The normalized spacial score (nSPS) is 17.1. The maximum atomic E-state index is 12.9. The van der Waals surface area contributed by atoms with Gasteiger partial charge in [-0.1, -0.05) is 50.2 Å². The van der Waals surface area contributed by atoms with Gasteiger partial charge >= 0.3 is 0 Å². The number of likely N-dealkylation sites (tertiary alicyclic amines) is 1. The molecular weight excluding hydrogens is 368 g/mol. The molecule has 3 aromatic rings. The second-order valence-electron chi connectivity index (χ2n) is 8.47. The van der Waals surface area contributed by atoms with Crippen molar-refractivity contribution in [2.45, 2.75) is 52.0 Å². The molecule has 8 heteroatoms. The van der Waals surface area contributed by atoms with Crippen LogP contribution in [0.4, 0.5) is 0 Å². The highest BCUT2D eigenvalue weighted by Crippen LogP contribution is 2.26. The Bertz CT molecular complexity index is 999. The first-order valence-electron chi connectivity index (χ1n) is 9.99. The molecule has 0 N–H and O–H groups in total. The second-order valence-corrected chi connectivity index (χ2v) is 8.47. The number of amides is 1. The summed E-state index contributed by atoms with van der Waals surface area (Å²) in [5.41, 5.74) is 2.56. The van der Waals surface area contributed by atoms with E-state index in [-0.39, 0.29) is 17.4 Å². The van der Waals surface area contributed by atoms with Crippen molar-refractivity contribution in [1.29, 1.82) is 0 Å². The van der Waals surface area contributed by atoms with Gasteiger partial charge in [-0.15, -0.1) is 5.10 Å². The van der Waals surface area contributed by atoms with Crippen LogP contribution in [0, 0.1) is 0 Å². The van der Waals surface area contributed by atoms with Crippen LogP contribution in [0.15, 0.2) is 35.0 Å². The van der Waals surface area contributed by atoms with Gasteiger partial charge < -0.3 is 9.42 Å². The fourth-order valence-electron chi connectivity index (χ4n) is 3.49.